The minimum absolute atomic E-state index is 0.167. The highest BCUT2D eigenvalue weighted by atomic mass is 14.5. The van der Waals surface area contributed by atoms with Crippen LogP contribution in [-0.2, 0) is 5.41 Å². The number of allylic oxidation sites excluding steroid dienone is 10. The average molecular weight is 320 g/mol. The number of rotatable bonds is 2. The Morgan fingerprint density at radius 2 is 1.60 bits per heavy atom. The molecule has 3 aliphatic rings. The lowest BCUT2D eigenvalue weighted by Crippen LogP contribution is -2.30. The highest BCUT2D eigenvalue weighted by molar-refractivity contribution is 5.91. The van der Waals surface area contributed by atoms with Crippen LogP contribution in [0.1, 0.15) is 29.5 Å². The van der Waals surface area contributed by atoms with Crippen LogP contribution in [-0.4, -0.2) is 0 Å². The van der Waals surface area contributed by atoms with Crippen molar-refractivity contribution in [1.29, 1.82) is 0 Å². The molecular formula is C25H20. The van der Waals surface area contributed by atoms with E-state index in [1.54, 1.807) is 0 Å². The van der Waals surface area contributed by atoms with Crippen LogP contribution in [0.5, 0.6) is 0 Å². The zero-order chi connectivity index (χ0) is 16.7. The van der Waals surface area contributed by atoms with Gasteiger partial charge in [-0.25, -0.2) is 0 Å². The van der Waals surface area contributed by atoms with Crippen molar-refractivity contribution < 1.29 is 0 Å². The fourth-order valence-corrected chi connectivity index (χ4v) is 4.69. The van der Waals surface area contributed by atoms with Gasteiger partial charge in [0.1, 0.15) is 0 Å². The van der Waals surface area contributed by atoms with Crippen LogP contribution in [0.4, 0.5) is 0 Å². The molecule has 3 aliphatic carbocycles. The summed E-state index contributed by atoms with van der Waals surface area (Å²) in [4.78, 5) is 0. The Balaban J connectivity index is 1.92. The van der Waals surface area contributed by atoms with Crippen molar-refractivity contribution >= 4 is 5.57 Å². The van der Waals surface area contributed by atoms with Gasteiger partial charge in [-0.1, -0.05) is 97.1 Å². The minimum atomic E-state index is -0.167. The smallest absolute Gasteiger partial charge is 0.0676 e. The van der Waals surface area contributed by atoms with Crippen LogP contribution < -0.4 is 0 Å². The van der Waals surface area contributed by atoms with E-state index in [1.165, 1.54) is 33.4 Å². The molecule has 120 valence electrons. The highest BCUT2D eigenvalue weighted by Crippen LogP contribution is 2.57. The zero-order valence-electron chi connectivity index (χ0n) is 14.2. The van der Waals surface area contributed by atoms with Gasteiger partial charge in [0.25, 0.3) is 0 Å². The SMILES string of the molecule is C1=CCC2=C(C=C1)c1ccccc1C2(C1=CCC=C1)c1ccccc1. The molecule has 1 atom stereocenters. The molecule has 5 rings (SSSR count). The predicted octanol–water partition coefficient (Wildman–Crippen LogP) is 6.14. The standard InChI is InChI=1S/C25H20/c1-3-11-19(12-4-1)25(20-13-7-8-14-20)23-17-6-2-5-15-21(23)22-16-9-10-18-24(22)25/h1-7,9-16,18H,8,17H2. The molecule has 0 amide bonds. The van der Waals surface area contributed by atoms with Crippen LogP contribution in [0, 0.1) is 0 Å². The van der Waals surface area contributed by atoms with Crippen molar-refractivity contribution in [3.63, 3.8) is 0 Å². The van der Waals surface area contributed by atoms with Gasteiger partial charge in [-0.3, -0.25) is 0 Å². The van der Waals surface area contributed by atoms with Crippen molar-refractivity contribution in [3.05, 3.63) is 125 Å². The molecule has 0 saturated carbocycles. The quantitative estimate of drug-likeness (QED) is 0.623. The van der Waals surface area contributed by atoms with E-state index in [0.717, 1.165) is 12.8 Å². The van der Waals surface area contributed by atoms with E-state index in [4.69, 9.17) is 0 Å². The summed E-state index contributed by atoms with van der Waals surface area (Å²) in [5.41, 5.74) is 8.31. The van der Waals surface area contributed by atoms with Gasteiger partial charge in [0, 0.05) is 0 Å². The first-order chi connectivity index (χ1) is 12.4. The molecule has 25 heavy (non-hydrogen) atoms. The number of hydrogen-bond donors (Lipinski definition) is 0. The summed E-state index contributed by atoms with van der Waals surface area (Å²) in [6.07, 6.45) is 18.0. The Bertz CT molecular complexity index is 980. The topological polar surface area (TPSA) is 0 Å². The van der Waals surface area contributed by atoms with Gasteiger partial charge in [-0.05, 0) is 46.3 Å². The lowest BCUT2D eigenvalue weighted by molar-refractivity contribution is 0.725. The largest absolute Gasteiger partial charge is 0.0804 e. The summed E-state index contributed by atoms with van der Waals surface area (Å²) in [5.74, 6) is 0. The van der Waals surface area contributed by atoms with E-state index >= 15 is 0 Å². The first kappa shape index (κ1) is 14.5. The van der Waals surface area contributed by atoms with Crippen LogP contribution in [0.3, 0.4) is 0 Å². The molecule has 0 saturated heterocycles. The van der Waals surface area contributed by atoms with Crippen molar-refractivity contribution in [2.75, 3.05) is 0 Å². The summed E-state index contributed by atoms with van der Waals surface area (Å²) < 4.78 is 0. The van der Waals surface area contributed by atoms with E-state index in [9.17, 15) is 0 Å². The molecule has 0 heterocycles. The molecular weight excluding hydrogens is 300 g/mol. The molecule has 2 aromatic carbocycles. The van der Waals surface area contributed by atoms with E-state index < -0.39 is 0 Å². The zero-order valence-corrected chi connectivity index (χ0v) is 14.2. The van der Waals surface area contributed by atoms with Gasteiger partial charge in [0.05, 0.1) is 5.41 Å². The second kappa shape index (κ2) is 5.60. The van der Waals surface area contributed by atoms with Gasteiger partial charge >= 0.3 is 0 Å². The Kier molecular flexibility index (Phi) is 3.24. The van der Waals surface area contributed by atoms with Gasteiger partial charge in [0.2, 0.25) is 0 Å². The highest BCUT2D eigenvalue weighted by Gasteiger charge is 2.47. The number of benzene rings is 2. The monoisotopic (exact) mass is 320 g/mol. The minimum Gasteiger partial charge on any atom is -0.0804 e. The normalized spacial score (nSPS) is 23.4. The van der Waals surface area contributed by atoms with E-state index in [-0.39, 0.29) is 5.41 Å². The average Bonchev–Trinajstić information content (AvgIpc) is 3.21. The van der Waals surface area contributed by atoms with Crippen LogP contribution >= 0.6 is 0 Å². The van der Waals surface area contributed by atoms with E-state index in [1.807, 2.05) is 0 Å². The maximum atomic E-state index is 2.40. The molecule has 0 aliphatic heterocycles. The molecule has 0 nitrogen and oxygen atoms in total. The predicted molar refractivity (Wildman–Crippen MR) is 105 cm³/mol. The maximum absolute atomic E-state index is 2.40. The third-order valence-electron chi connectivity index (χ3n) is 5.64. The summed E-state index contributed by atoms with van der Waals surface area (Å²) in [5, 5.41) is 0. The summed E-state index contributed by atoms with van der Waals surface area (Å²) in [6, 6.07) is 20.0. The van der Waals surface area contributed by atoms with Gasteiger partial charge in [-0.2, -0.15) is 0 Å². The van der Waals surface area contributed by atoms with Gasteiger partial charge in [-0.15, -0.1) is 0 Å². The Morgan fingerprint density at radius 1 is 0.760 bits per heavy atom. The lowest BCUT2D eigenvalue weighted by Gasteiger charge is -2.36. The summed E-state index contributed by atoms with van der Waals surface area (Å²) >= 11 is 0. The molecule has 0 bridgehead atoms. The Hall–Kier alpha value is -2.86. The molecule has 0 radical (unpaired) electrons. The Labute approximate surface area is 149 Å². The number of fused-ring (bicyclic) bond motifs is 2. The first-order valence-electron chi connectivity index (χ1n) is 9.02. The van der Waals surface area contributed by atoms with Crippen molar-refractivity contribution in [2.45, 2.75) is 18.3 Å². The molecule has 0 N–H and O–H groups in total. The molecule has 0 fully saturated rings. The van der Waals surface area contributed by atoms with Crippen molar-refractivity contribution in [2.24, 2.45) is 0 Å². The van der Waals surface area contributed by atoms with Gasteiger partial charge in [0.15, 0.2) is 0 Å². The lowest BCUT2D eigenvalue weighted by atomic mass is 9.66. The van der Waals surface area contributed by atoms with Crippen LogP contribution in [0.2, 0.25) is 0 Å². The summed E-state index contributed by atoms with van der Waals surface area (Å²) in [6.45, 7) is 0. The summed E-state index contributed by atoms with van der Waals surface area (Å²) in [7, 11) is 0. The third-order valence-corrected chi connectivity index (χ3v) is 5.64. The molecule has 0 heteroatoms. The van der Waals surface area contributed by atoms with E-state index in [0.29, 0.717) is 0 Å². The second-order valence-corrected chi connectivity index (χ2v) is 6.84. The van der Waals surface area contributed by atoms with Crippen LogP contribution in [0.25, 0.3) is 5.57 Å². The van der Waals surface area contributed by atoms with Crippen molar-refractivity contribution in [3.8, 4) is 0 Å². The second-order valence-electron chi connectivity index (χ2n) is 6.84. The fraction of sp³-hybridized carbons (Fsp3) is 0.120. The van der Waals surface area contributed by atoms with Crippen molar-refractivity contribution in [1.82, 2.24) is 0 Å². The molecule has 0 aromatic heterocycles. The number of hydrogen-bond acceptors (Lipinski definition) is 0. The Morgan fingerprint density at radius 3 is 2.44 bits per heavy atom. The third kappa shape index (κ3) is 1.94. The van der Waals surface area contributed by atoms with Gasteiger partial charge < -0.3 is 0 Å². The first-order valence-corrected chi connectivity index (χ1v) is 9.02. The molecule has 2 aromatic rings. The molecule has 1 unspecified atom stereocenters. The maximum Gasteiger partial charge on any atom is 0.0676 e. The molecule has 0 spiro atoms. The van der Waals surface area contributed by atoms with E-state index in [2.05, 4.69) is 97.1 Å². The fourth-order valence-electron chi connectivity index (χ4n) is 4.69. The van der Waals surface area contributed by atoms with Crippen LogP contribution in [0.15, 0.2) is 108 Å².